The molecule has 2 amide bonds. The Kier molecular flexibility index (Phi) is 9.51. The van der Waals surface area contributed by atoms with E-state index in [0.29, 0.717) is 16.3 Å². The van der Waals surface area contributed by atoms with Gasteiger partial charge in [-0.1, -0.05) is 41.4 Å². The standard InChI is InChI=1S/C23H25Cl2N3O5S2/c1-28(35(32,33)21-8-7-16(24)14-17(21)25)11-4-10-26-22(30)18(9-12-29)27-23(31)20-13-15-5-2-3-6-19(15)34-20/h2-3,5-8,13-14,18,29H,4,9-12H2,1H3,(H,26,30)(H,27,31)/t18-/m0/s1. The summed E-state index contributed by atoms with van der Waals surface area (Å²) in [4.78, 5) is 25.7. The Morgan fingerprint density at radius 2 is 1.89 bits per heavy atom. The second-order valence-electron chi connectivity index (χ2n) is 7.73. The number of nitrogens with one attached hydrogen (secondary N) is 2. The van der Waals surface area contributed by atoms with E-state index in [0.717, 1.165) is 14.4 Å². The first-order valence-electron chi connectivity index (χ1n) is 10.7. The van der Waals surface area contributed by atoms with Gasteiger partial charge < -0.3 is 15.7 Å². The van der Waals surface area contributed by atoms with E-state index in [2.05, 4.69) is 10.6 Å². The van der Waals surface area contributed by atoms with E-state index in [9.17, 15) is 23.1 Å². The first-order chi connectivity index (χ1) is 16.6. The van der Waals surface area contributed by atoms with Crippen LogP contribution in [0.4, 0.5) is 0 Å². The molecular formula is C23H25Cl2N3O5S2. The zero-order valence-electron chi connectivity index (χ0n) is 18.8. The van der Waals surface area contributed by atoms with Crippen molar-refractivity contribution in [3.63, 3.8) is 0 Å². The number of carbonyl (C=O) groups is 2. The summed E-state index contributed by atoms with van der Waals surface area (Å²) >= 11 is 13.2. The minimum atomic E-state index is -3.83. The SMILES string of the molecule is CN(CCCNC(=O)[C@H](CCO)NC(=O)c1cc2ccccc2s1)S(=O)(=O)c1ccc(Cl)cc1Cl. The molecule has 12 heteroatoms. The Balaban J connectivity index is 1.53. The summed E-state index contributed by atoms with van der Waals surface area (Å²) < 4.78 is 27.6. The third-order valence-electron chi connectivity index (χ3n) is 5.22. The molecule has 0 aliphatic carbocycles. The average molecular weight is 559 g/mol. The van der Waals surface area contributed by atoms with Gasteiger partial charge in [-0.15, -0.1) is 11.3 Å². The highest BCUT2D eigenvalue weighted by molar-refractivity contribution is 7.89. The Morgan fingerprint density at radius 3 is 2.57 bits per heavy atom. The normalized spacial score (nSPS) is 12.6. The molecule has 0 aliphatic heterocycles. The number of aliphatic hydroxyl groups is 1. The highest BCUT2D eigenvalue weighted by Gasteiger charge is 2.24. The summed E-state index contributed by atoms with van der Waals surface area (Å²) in [6.45, 7) is 0.0156. The van der Waals surface area contributed by atoms with Crippen molar-refractivity contribution in [2.24, 2.45) is 0 Å². The molecule has 35 heavy (non-hydrogen) atoms. The van der Waals surface area contributed by atoms with Crippen LogP contribution in [0.1, 0.15) is 22.5 Å². The lowest BCUT2D eigenvalue weighted by Crippen LogP contribution is -2.47. The van der Waals surface area contributed by atoms with Crippen molar-refractivity contribution in [3.8, 4) is 0 Å². The smallest absolute Gasteiger partial charge is 0.262 e. The number of halogens is 2. The quantitative estimate of drug-likeness (QED) is 0.312. The topological polar surface area (TPSA) is 116 Å². The van der Waals surface area contributed by atoms with Crippen molar-refractivity contribution in [2.45, 2.75) is 23.8 Å². The lowest BCUT2D eigenvalue weighted by molar-refractivity contribution is -0.123. The van der Waals surface area contributed by atoms with E-state index in [1.165, 1.54) is 36.6 Å². The molecule has 0 radical (unpaired) electrons. The van der Waals surface area contributed by atoms with Crippen molar-refractivity contribution >= 4 is 66.5 Å². The lowest BCUT2D eigenvalue weighted by Gasteiger charge is -2.19. The van der Waals surface area contributed by atoms with Gasteiger partial charge in [0.2, 0.25) is 15.9 Å². The van der Waals surface area contributed by atoms with Crippen LogP contribution < -0.4 is 10.6 Å². The number of thiophene rings is 1. The number of sulfonamides is 1. The molecule has 0 unspecified atom stereocenters. The number of rotatable bonds is 11. The van der Waals surface area contributed by atoms with Gasteiger partial charge in [0.25, 0.3) is 5.91 Å². The fourth-order valence-electron chi connectivity index (χ4n) is 3.33. The van der Waals surface area contributed by atoms with Gasteiger partial charge in [-0.2, -0.15) is 0 Å². The molecule has 8 nitrogen and oxygen atoms in total. The molecule has 0 saturated carbocycles. The van der Waals surface area contributed by atoms with Gasteiger partial charge >= 0.3 is 0 Å². The van der Waals surface area contributed by atoms with E-state index in [-0.39, 0.29) is 36.0 Å². The molecule has 1 heterocycles. The number of fused-ring (bicyclic) bond motifs is 1. The molecule has 3 rings (SSSR count). The minimum Gasteiger partial charge on any atom is -0.396 e. The predicted molar refractivity (Wildman–Crippen MR) is 139 cm³/mol. The molecule has 2 aromatic carbocycles. The van der Waals surface area contributed by atoms with E-state index in [1.807, 2.05) is 24.3 Å². The molecule has 0 spiro atoms. The summed E-state index contributed by atoms with van der Waals surface area (Å²) in [5.74, 6) is -0.856. The summed E-state index contributed by atoms with van der Waals surface area (Å²) in [6, 6.07) is 12.6. The van der Waals surface area contributed by atoms with Gasteiger partial charge in [0, 0.05) is 36.5 Å². The maximum absolute atomic E-state index is 12.7. The van der Waals surface area contributed by atoms with Crippen LogP contribution in [0.5, 0.6) is 0 Å². The number of carbonyl (C=O) groups excluding carboxylic acids is 2. The van der Waals surface area contributed by atoms with Crippen molar-refractivity contribution < 1.29 is 23.1 Å². The first kappa shape index (κ1) is 27.4. The number of nitrogens with zero attached hydrogens (tertiary/aromatic N) is 1. The number of amides is 2. The van der Waals surface area contributed by atoms with Crippen LogP contribution in [-0.4, -0.2) is 62.4 Å². The molecule has 0 fully saturated rings. The van der Waals surface area contributed by atoms with Crippen molar-refractivity contribution in [1.29, 1.82) is 0 Å². The van der Waals surface area contributed by atoms with Gasteiger partial charge in [0.15, 0.2) is 0 Å². The molecule has 0 saturated heterocycles. The molecular weight excluding hydrogens is 533 g/mol. The predicted octanol–water partition coefficient (Wildman–Crippen LogP) is 3.52. The monoisotopic (exact) mass is 557 g/mol. The van der Waals surface area contributed by atoms with Gasteiger partial charge in [-0.25, -0.2) is 12.7 Å². The second-order valence-corrected chi connectivity index (χ2v) is 11.7. The number of benzene rings is 2. The van der Waals surface area contributed by atoms with Crippen LogP contribution in [0, 0.1) is 0 Å². The largest absolute Gasteiger partial charge is 0.396 e. The third-order valence-corrected chi connectivity index (χ3v) is 8.91. The second kappa shape index (κ2) is 12.2. The van der Waals surface area contributed by atoms with Gasteiger partial charge in [0.1, 0.15) is 10.9 Å². The average Bonchev–Trinajstić information content (AvgIpc) is 3.25. The van der Waals surface area contributed by atoms with Crippen LogP contribution >= 0.6 is 34.5 Å². The van der Waals surface area contributed by atoms with E-state index in [4.69, 9.17) is 23.2 Å². The van der Waals surface area contributed by atoms with Crippen LogP contribution in [0.3, 0.4) is 0 Å². The fourth-order valence-corrected chi connectivity index (χ4v) is 6.25. The van der Waals surface area contributed by atoms with Crippen molar-refractivity contribution in [2.75, 3.05) is 26.7 Å². The fraction of sp³-hybridized carbons (Fsp3) is 0.304. The van der Waals surface area contributed by atoms with Crippen molar-refractivity contribution in [1.82, 2.24) is 14.9 Å². The number of aliphatic hydroxyl groups excluding tert-OH is 1. The summed E-state index contributed by atoms with van der Waals surface area (Å²) in [7, 11) is -2.41. The number of hydrogen-bond acceptors (Lipinski definition) is 6. The maximum Gasteiger partial charge on any atom is 0.262 e. The molecule has 0 bridgehead atoms. The molecule has 3 aromatic rings. The Bertz CT molecular complexity index is 1280. The maximum atomic E-state index is 12.7. The Hall–Kier alpha value is -2.21. The molecule has 1 atom stereocenters. The molecule has 188 valence electrons. The first-order valence-corrected chi connectivity index (χ1v) is 13.7. The van der Waals surface area contributed by atoms with E-state index >= 15 is 0 Å². The van der Waals surface area contributed by atoms with Crippen molar-refractivity contribution in [3.05, 3.63) is 63.5 Å². The van der Waals surface area contributed by atoms with Gasteiger partial charge in [-0.3, -0.25) is 9.59 Å². The van der Waals surface area contributed by atoms with Crippen LogP contribution in [0.25, 0.3) is 10.1 Å². The minimum absolute atomic E-state index is 0.0267. The Labute approximate surface area is 217 Å². The molecule has 0 aliphatic rings. The zero-order valence-corrected chi connectivity index (χ0v) is 22.0. The number of hydrogen-bond donors (Lipinski definition) is 3. The summed E-state index contributed by atoms with van der Waals surface area (Å²) in [5.41, 5.74) is 0. The highest BCUT2D eigenvalue weighted by atomic mass is 35.5. The zero-order chi connectivity index (χ0) is 25.6. The highest BCUT2D eigenvalue weighted by Crippen LogP contribution is 2.27. The van der Waals surface area contributed by atoms with Crippen LogP contribution in [0.2, 0.25) is 10.0 Å². The Morgan fingerprint density at radius 1 is 1.14 bits per heavy atom. The van der Waals surface area contributed by atoms with E-state index in [1.54, 1.807) is 6.07 Å². The third kappa shape index (κ3) is 6.93. The lowest BCUT2D eigenvalue weighted by atomic mass is 10.2. The van der Waals surface area contributed by atoms with E-state index < -0.39 is 27.9 Å². The van der Waals surface area contributed by atoms with Gasteiger partial charge in [0.05, 0.1) is 9.90 Å². The molecule has 1 aromatic heterocycles. The van der Waals surface area contributed by atoms with Crippen LogP contribution in [0.15, 0.2) is 53.4 Å². The summed E-state index contributed by atoms with van der Waals surface area (Å²) in [5, 5.41) is 16.0. The van der Waals surface area contributed by atoms with Gasteiger partial charge in [-0.05, 0) is 48.6 Å². The molecule has 3 N–H and O–H groups in total. The summed E-state index contributed by atoms with van der Waals surface area (Å²) in [6.07, 6.45) is 0.370. The van der Waals surface area contributed by atoms with Crippen LogP contribution in [-0.2, 0) is 14.8 Å².